The molecule has 25 nitrogen and oxygen atoms in total. The highest BCUT2D eigenvalue weighted by Gasteiger charge is 2.33. The van der Waals surface area contributed by atoms with Gasteiger partial charge in [-0.25, -0.2) is 46.0 Å². The largest absolute Gasteiger partial charge is 0.468 e. The van der Waals surface area contributed by atoms with Crippen LogP contribution in [-0.2, 0) is 68.5 Å². The Bertz CT molecular complexity index is 2530. The summed E-state index contributed by atoms with van der Waals surface area (Å²) in [5, 5.41) is 46.6. The summed E-state index contributed by atoms with van der Waals surface area (Å²) in [5.74, 6) is 1.74. The van der Waals surface area contributed by atoms with Gasteiger partial charge in [0.25, 0.3) is 5.17 Å². The van der Waals surface area contributed by atoms with Crippen molar-refractivity contribution < 1.29 is 130 Å². The Morgan fingerprint density at radius 2 is 1.03 bits per heavy atom. The van der Waals surface area contributed by atoms with E-state index in [1.807, 2.05) is 108 Å². The summed E-state index contributed by atoms with van der Waals surface area (Å²) in [6, 6.07) is 17.5. The first-order chi connectivity index (χ1) is 52.8. The standard InChI is InChI=1S/C10H10F3NOS.C10H12FNO2.C10H14O.C6H13NO2.C6H8O2.C6H14O.C5H11BrO.C4H10O.C4H10.C3H7Cl.2C3H8O.C3H8.C2HFO.C2H6O.C2H2O.CH4O2.CH4O.CH2O.3CH4.ClH.H3N.H2O.4H2/c1-5(2)15-10(16)14-7-4-3-6(11)8(12)9(7)13;1-7(2)14-10(13)12-9-5-3-8(11)4-6-9;1-9(2)11-8-10-6-4-3-5-7-10;1-4-7-6(8)9-5(2)3;1-4-2-5-6(4)8-3-7-5;1-4-5-7-6(2)3;1-5(2)7-4-3-6;1-4(2)3-5;1-4(2)3;2*1-3(2)4;1-2-3-4;1-3-2;3-1-2-4;1-3-2;1-2-3;1-3-2;2*1-2;;;;;;;;;;/h3-5H,1-2H3,(H,14,16);3-7H,1-2H3,(H,12,13);3-7,9H,8H2,1-2H3;5H,4H2,1-3H3,(H,7,8);4H,2-3H2,1H3;6H,4-5H2,1-3H3;5H,3-4H2,1-2H3;4-5H,3H2,1-2H3;4H,1-3H3;3H,1-2H3;3-4H,1-2H3;4H,2-3H2,1H3;3H2,1-2H3;1H;1-2H3;1H2;2H,1H3;2H,1H3;1H2;3*1H4;1H;1H3;1H2;4*1H. The summed E-state index contributed by atoms with van der Waals surface area (Å²) in [7, 11) is 5.43. The van der Waals surface area contributed by atoms with Crippen molar-refractivity contribution in [2.24, 2.45) is 17.8 Å². The van der Waals surface area contributed by atoms with Gasteiger partial charge in [0.2, 0.25) is 6.79 Å². The van der Waals surface area contributed by atoms with Gasteiger partial charge in [-0.3, -0.25) is 10.6 Å². The van der Waals surface area contributed by atoms with Crippen LogP contribution in [0.15, 0.2) is 91.2 Å². The maximum absolute atomic E-state index is 13.2. The van der Waals surface area contributed by atoms with Gasteiger partial charge in [-0.2, -0.15) is 0 Å². The zero-order valence-corrected chi connectivity index (χ0v) is 79.7. The van der Waals surface area contributed by atoms with Crippen molar-refractivity contribution in [2.75, 3.05) is 84.2 Å². The normalized spacial score (nSPS) is 9.97. The maximum atomic E-state index is 13.2. The van der Waals surface area contributed by atoms with Crippen LogP contribution >= 0.6 is 52.2 Å². The van der Waals surface area contributed by atoms with Crippen molar-refractivity contribution in [3.8, 4) is 0 Å². The molecule has 0 saturated heterocycles. The molecule has 1 unspecified atom stereocenters. The molecule has 0 aromatic heterocycles. The van der Waals surface area contributed by atoms with E-state index in [4.69, 9.17) is 102 Å². The Hall–Kier alpha value is -5.97. The van der Waals surface area contributed by atoms with Gasteiger partial charge in [0, 0.05) is 88.2 Å². The van der Waals surface area contributed by atoms with Crippen LogP contribution in [0.4, 0.5) is 42.9 Å². The molecule has 34 heteroatoms. The van der Waals surface area contributed by atoms with Gasteiger partial charge in [0.1, 0.15) is 30.1 Å². The molecule has 0 saturated carbocycles. The average molecular weight is 1870 g/mol. The van der Waals surface area contributed by atoms with Crippen LogP contribution in [0.2, 0.25) is 0 Å². The van der Waals surface area contributed by atoms with E-state index in [0.29, 0.717) is 67.8 Å². The van der Waals surface area contributed by atoms with Crippen LogP contribution in [0.5, 0.6) is 0 Å². The number of methoxy groups -OCH3 is 1. The van der Waals surface area contributed by atoms with Gasteiger partial charge in [0.05, 0.1) is 62.6 Å². The van der Waals surface area contributed by atoms with Gasteiger partial charge >= 0.3 is 12.2 Å². The molecule has 0 fully saturated rings. The van der Waals surface area contributed by atoms with Crippen molar-refractivity contribution in [3.05, 3.63) is 120 Å². The lowest BCUT2D eigenvalue weighted by Gasteiger charge is -2.19. The number of ether oxygens (including phenoxy) is 9. The summed E-state index contributed by atoms with van der Waals surface area (Å²) < 4.78 is 106. The number of aliphatic hydroxyl groups excluding tert-OH is 4. The summed E-state index contributed by atoms with van der Waals surface area (Å²) in [4.78, 5) is 50.0. The van der Waals surface area contributed by atoms with Gasteiger partial charge in [-0.15, -0.1) is 24.0 Å². The van der Waals surface area contributed by atoms with E-state index in [-0.39, 0.29) is 106 Å². The molecule has 119 heavy (non-hydrogen) atoms. The van der Waals surface area contributed by atoms with Gasteiger partial charge in [-0.05, 0) is 203 Å². The zero-order valence-electron chi connectivity index (χ0n) is 75.7. The van der Waals surface area contributed by atoms with Crippen molar-refractivity contribution in [2.45, 2.75) is 290 Å². The highest BCUT2D eigenvalue weighted by Crippen LogP contribution is 2.39. The number of nitrogens with one attached hydrogen (secondary N) is 3. The molecule has 5 rings (SSSR count). The smallest absolute Gasteiger partial charge is 0.411 e. The number of carbonyl (C=O) groups excluding carboxylic acids is 5. The number of anilines is 2. The maximum Gasteiger partial charge on any atom is 0.411 e. The monoisotopic (exact) mass is 1870 g/mol. The average Bonchev–Trinajstić information content (AvgIpc) is 1.68. The highest BCUT2D eigenvalue weighted by atomic mass is 79.9. The number of carbonyl (C=O) groups is 3. The fourth-order valence-corrected chi connectivity index (χ4v) is 5.36. The van der Waals surface area contributed by atoms with Crippen LogP contribution in [-0.4, -0.2) is 189 Å². The molecule has 1 heterocycles. The van der Waals surface area contributed by atoms with E-state index in [0.717, 1.165) is 87.0 Å². The third-order valence-corrected chi connectivity index (χ3v) is 9.14. The molecule has 1 atom stereocenters. The minimum absolute atomic E-state index is 0. The number of alkyl halides is 2. The molecule has 3 aromatic rings. The number of halogens is 8. The molecule has 0 spiro atoms. The van der Waals surface area contributed by atoms with E-state index >= 15 is 0 Å². The highest BCUT2D eigenvalue weighted by molar-refractivity contribution is 9.09. The molecule has 2 amide bonds. The Balaban J connectivity index is -0.0000000392. The Morgan fingerprint density at radius 3 is 1.29 bits per heavy atom. The van der Waals surface area contributed by atoms with Gasteiger partial charge in [0.15, 0.2) is 29.7 Å². The third kappa shape index (κ3) is 179. The molecule has 1 aliphatic carbocycles. The number of alkyl carbamates (subject to hydrolysis) is 1. The predicted molar refractivity (Wildman–Crippen MR) is 505 cm³/mol. The number of rotatable bonds is 17. The second-order valence-corrected chi connectivity index (χ2v) is 26.9. The second kappa shape index (κ2) is 133. The molecule has 3 aromatic carbocycles. The molecule has 13 N–H and O–H groups in total. The summed E-state index contributed by atoms with van der Waals surface area (Å²) in [6.45, 7) is 61.7. The molecule has 0 radical (unpaired) electrons. The predicted octanol–water partition coefficient (Wildman–Crippen LogP) is 23.5. The Morgan fingerprint density at radius 1 is 0.672 bits per heavy atom. The number of amides is 2. The zero-order chi connectivity index (χ0) is 91.9. The molecular formula is C85H178BrCl2F5N4O21S. The van der Waals surface area contributed by atoms with Crippen LogP contribution in [0.3, 0.4) is 0 Å². The van der Waals surface area contributed by atoms with E-state index in [1.165, 1.54) is 49.3 Å². The fourth-order valence-electron chi connectivity index (χ4n) is 4.87. The lowest BCUT2D eigenvalue weighted by molar-refractivity contribution is -0.214. The number of allylic oxidation sites excluding steroid dienone is 2. The Labute approximate surface area is 749 Å². The summed E-state index contributed by atoms with van der Waals surface area (Å²) >= 11 is 13.3. The van der Waals surface area contributed by atoms with E-state index in [1.54, 1.807) is 55.8 Å². The minimum Gasteiger partial charge on any atom is -0.468 e. The number of aliphatic hydroxyl groups is 4. The molecule has 726 valence electrons. The molecular weight excluding hydrogens is 1690 g/mol. The van der Waals surface area contributed by atoms with E-state index < -0.39 is 23.5 Å². The van der Waals surface area contributed by atoms with Crippen molar-refractivity contribution in [1.82, 2.24) is 11.5 Å². The first-order valence-electron chi connectivity index (χ1n) is 36.8. The second-order valence-electron chi connectivity index (χ2n) is 24.9. The molecule has 0 bridgehead atoms. The molecule has 2 aliphatic rings. The van der Waals surface area contributed by atoms with Gasteiger partial charge < -0.3 is 90.1 Å². The number of hydrogen-bond acceptors (Lipinski definition) is 22. The number of benzene rings is 3. The van der Waals surface area contributed by atoms with Gasteiger partial charge in [-0.1, -0.05) is 144 Å². The quantitative estimate of drug-likeness (QED) is 0.0115. The Kier molecular flexibility index (Phi) is 183. The van der Waals surface area contributed by atoms with Crippen LogP contribution < -0.4 is 22.1 Å². The first kappa shape index (κ1) is 164. The lowest BCUT2D eigenvalue weighted by atomic mass is 9.93. The number of hydrogen-bond donors (Lipinski definition) is 9. The third-order valence-electron chi connectivity index (χ3n) is 8.62. The van der Waals surface area contributed by atoms with Crippen LogP contribution in [0.25, 0.3) is 0 Å². The first-order valence-corrected chi connectivity index (χ1v) is 38.8. The lowest BCUT2D eigenvalue weighted by Crippen LogP contribution is -2.26. The number of thiocarbonyl (C=S) groups is 1. The SMILES string of the molecule is C.C.C.C=C=O.C=O.CC(C)C.CC(C)CO.CC(C)Cl.CC(C)O.CC(C)OC(=O)Nc1ccc(F)cc1.CC(C)OC(=S)Nc1ccc(F)c(F)c1F.CC(C)OCCBr.CC(C)OCc1ccccc1.CC1CC2=C1OCO2.CCC.CCCO.CCCOC(C)C.CCNC(=O)OC(C)C.CO.COC.COO.Cl.N.O.O=C=CF.[HH].[HH].[HH].[HH]. The molecule has 1 aliphatic heterocycles. The van der Waals surface area contributed by atoms with Crippen LogP contribution in [0.1, 0.15) is 246 Å². The topological polar surface area (TPSA) is 381 Å². The minimum atomic E-state index is -1.54. The summed E-state index contributed by atoms with van der Waals surface area (Å²) in [5.41, 5.74) is 1.49. The summed E-state index contributed by atoms with van der Waals surface area (Å²) in [6.07, 6.45) is 3.81. The van der Waals surface area contributed by atoms with Crippen molar-refractivity contribution in [1.29, 1.82) is 0 Å². The van der Waals surface area contributed by atoms with Crippen LogP contribution in [0, 0.1) is 41.0 Å². The van der Waals surface area contributed by atoms with E-state index in [2.05, 4.69) is 123 Å². The fraction of sp³-hybridized carbons (Fsp3) is 0.671. The van der Waals surface area contributed by atoms with E-state index in [9.17, 15) is 31.5 Å². The van der Waals surface area contributed by atoms with Crippen molar-refractivity contribution in [3.63, 3.8) is 0 Å². The van der Waals surface area contributed by atoms with Crippen molar-refractivity contribution >= 4 is 99.6 Å².